The molecule has 1 aromatic rings. The smallest absolute Gasteiger partial charge is 0.249 e. The lowest BCUT2D eigenvalue weighted by molar-refractivity contribution is -0.130. The van der Waals surface area contributed by atoms with E-state index in [0.29, 0.717) is 13.2 Å². The van der Waals surface area contributed by atoms with E-state index in [0.717, 1.165) is 22.2 Å². The summed E-state index contributed by atoms with van der Waals surface area (Å²) in [5.41, 5.74) is 0. The molecule has 82 valence electrons. The number of amides is 1. The number of ether oxygens (including phenoxy) is 1. The minimum atomic E-state index is -0.228. The largest absolute Gasteiger partial charge is 0.368 e. The normalized spacial score (nSPS) is 20.5. The Morgan fingerprint density at radius 2 is 2.60 bits per heavy atom. The van der Waals surface area contributed by atoms with Crippen LogP contribution in [0.1, 0.15) is 17.7 Å². The topological polar surface area (TPSA) is 38.3 Å². The van der Waals surface area contributed by atoms with Crippen molar-refractivity contribution >= 4 is 33.2 Å². The Kier molecular flexibility index (Phi) is 3.77. The molecule has 1 N–H and O–H groups in total. The molecule has 0 aromatic carbocycles. The zero-order valence-corrected chi connectivity index (χ0v) is 10.6. The van der Waals surface area contributed by atoms with Crippen molar-refractivity contribution in [3.63, 3.8) is 0 Å². The Labute approximate surface area is 101 Å². The Hall–Kier alpha value is -0.390. The van der Waals surface area contributed by atoms with Crippen LogP contribution in [0.2, 0.25) is 0 Å². The predicted molar refractivity (Wildman–Crippen MR) is 62.8 cm³/mol. The summed E-state index contributed by atoms with van der Waals surface area (Å²) in [7, 11) is 0. The number of hydrogen-bond acceptors (Lipinski definition) is 3. The molecule has 1 atom stereocenters. The number of thiophene rings is 1. The van der Waals surface area contributed by atoms with E-state index >= 15 is 0 Å². The van der Waals surface area contributed by atoms with Gasteiger partial charge in [-0.05, 0) is 34.8 Å². The first-order valence-electron chi connectivity index (χ1n) is 4.88. The summed E-state index contributed by atoms with van der Waals surface area (Å²) in [4.78, 5) is 12.7. The lowest BCUT2D eigenvalue weighted by atomic mass is 10.2. The third-order valence-corrected chi connectivity index (χ3v) is 3.98. The fraction of sp³-hybridized carbons (Fsp3) is 0.500. The van der Waals surface area contributed by atoms with E-state index < -0.39 is 0 Å². The van der Waals surface area contributed by atoms with Gasteiger partial charge in [-0.3, -0.25) is 4.79 Å². The first kappa shape index (κ1) is 11.1. The highest BCUT2D eigenvalue weighted by Gasteiger charge is 2.22. The van der Waals surface area contributed by atoms with Gasteiger partial charge in [-0.1, -0.05) is 0 Å². The number of carbonyl (C=O) groups is 1. The van der Waals surface area contributed by atoms with Gasteiger partial charge in [-0.15, -0.1) is 11.3 Å². The second kappa shape index (κ2) is 5.09. The van der Waals surface area contributed by atoms with Crippen molar-refractivity contribution in [2.24, 2.45) is 0 Å². The van der Waals surface area contributed by atoms with Crippen molar-refractivity contribution < 1.29 is 9.53 Å². The summed E-state index contributed by atoms with van der Waals surface area (Å²) in [6, 6.07) is 2.01. The Balaban J connectivity index is 1.80. The van der Waals surface area contributed by atoms with Crippen LogP contribution < -0.4 is 5.32 Å². The molecule has 0 spiro atoms. The molecule has 0 radical (unpaired) electrons. The highest BCUT2D eigenvalue weighted by atomic mass is 79.9. The van der Waals surface area contributed by atoms with E-state index in [-0.39, 0.29) is 12.0 Å². The van der Waals surface area contributed by atoms with E-state index in [1.54, 1.807) is 11.3 Å². The Bertz CT molecular complexity index is 347. The Morgan fingerprint density at radius 1 is 1.73 bits per heavy atom. The minimum absolute atomic E-state index is 0.0111. The fourth-order valence-electron chi connectivity index (χ4n) is 1.52. The molecule has 0 aliphatic carbocycles. The summed E-state index contributed by atoms with van der Waals surface area (Å²) >= 11 is 5.01. The van der Waals surface area contributed by atoms with Gasteiger partial charge in [-0.2, -0.15) is 0 Å². The van der Waals surface area contributed by atoms with Crippen molar-refractivity contribution in [1.82, 2.24) is 5.32 Å². The van der Waals surface area contributed by atoms with Crippen molar-refractivity contribution in [3.05, 3.63) is 20.8 Å². The van der Waals surface area contributed by atoms with Gasteiger partial charge in [0.25, 0.3) is 0 Å². The molecule has 0 saturated carbocycles. The van der Waals surface area contributed by atoms with Gasteiger partial charge in [0, 0.05) is 21.3 Å². The molecule has 3 nitrogen and oxygen atoms in total. The maximum Gasteiger partial charge on any atom is 0.249 e. The molecule has 0 unspecified atom stereocenters. The summed E-state index contributed by atoms with van der Waals surface area (Å²) in [6.45, 7) is 1.30. The number of rotatable bonds is 3. The third kappa shape index (κ3) is 3.03. The van der Waals surface area contributed by atoms with E-state index in [2.05, 4.69) is 21.2 Å². The van der Waals surface area contributed by atoms with Crippen LogP contribution in [0, 0.1) is 0 Å². The zero-order chi connectivity index (χ0) is 10.7. The van der Waals surface area contributed by atoms with Crippen molar-refractivity contribution in [3.8, 4) is 0 Å². The first-order chi connectivity index (χ1) is 7.25. The number of halogens is 1. The molecule has 1 amide bonds. The van der Waals surface area contributed by atoms with Crippen LogP contribution >= 0.6 is 27.3 Å². The number of nitrogens with one attached hydrogen (secondary N) is 1. The molecule has 1 saturated heterocycles. The van der Waals surface area contributed by atoms with Crippen LogP contribution in [0.5, 0.6) is 0 Å². The van der Waals surface area contributed by atoms with E-state index in [4.69, 9.17) is 4.74 Å². The predicted octanol–water partition coefficient (Wildman–Crippen LogP) is 2.31. The fourth-order valence-corrected chi connectivity index (χ4v) is 2.91. The maximum atomic E-state index is 11.6. The molecule has 15 heavy (non-hydrogen) atoms. The van der Waals surface area contributed by atoms with E-state index in [1.807, 2.05) is 11.4 Å². The van der Waals surface area contributed by atoms with Crippen molar-refractivity contribution in [1.29, 1.82) is 0 Å². The van der Waals surface area contributed by atoms with Crippen LogP contribution in [-0.4, -0.2) is 18.6 Å². The summed E-state index contributed by atoms with van der Waals surface area (Å²) in [6.07, 6.45) is 1.61. The van der Waals surface area contributed by atoms with Crippen molar-refractivity contribution in [2.75, 3.05) is 6.61 Å². The lowest BCUT2D eigenvalue weighted by Crippen LogP contribution is -2.33. The van der Waals surface area contributed by atoms with Gasteiger partial charge in [0.1, 0.15) is 6.10 Å². The molecular weight excluding hydrogens is 278 g/mol. The third-order valence-electron chi connectivity index (χ3n) is 2.28. The van der Waals surface area contributed by atoms with Crippen LogP contribution in [0.25, 0.3) is 0 Å². The van der Waals surface area contributed by atoms with Gasteiger partial charge in [0.05, 0.1) is 6.54 Å². The monoisotopic (exact) mass is 289 g/mol. The quantitative estimate of drug-likeness (QED) is 0.927. The molecule has 5 heteroatoms. The summed E-state index contributed by atoms with van der Waals surface area (Å²) < 4.78 is 6.35. The van der Waals surface area contributed by atoms with Crippen LogP contribution in [0.4, 0.5) is 0 Å². The Morgan fingerprint density at radius 3 is 3.20 bits per heavy atom. The molecule has 1 aliphatic rings. The minimum Gasteiger partial charge on any atom is -0.368 e. The van der Waals surface area contributed by atoms with Crippen LogP contribution in [-0.2, 0) is 16.1 Å². The molecule has 2 heterocycles. The standard InChI is InChI=1S/C10H12BrNO2S/c11-7-4-8(15-6-7)5-12-10(13)9-2-1-3-14-9/h4,6,9H,1-3,5H2,(H,12,13)/t9-/m0/s1. The number of hydrogen-bond donors (Lipinski definition) is 1. The summed E-state index contributed by atoms with van der Waals surface area (Å²) in [5, 5.41) is 4.89. The first-order valence-corrected chi connectivity index (χ1v) is 6.55. The molecule has 2 rings (SSSR count). The van der Waals surface area contributed by atoms with Gasteiger partial charge in [0.2, 0.25) is 5.91 Å². The molecule has 1 aromatic heterocycles. The van der Waals surface area contributed by atoms with Gasteiger partial charge < -0.3 is 10.1 Å². The molecule has 1 fully saturated rings. The SMILES string of the molecule is O=C(NCc1cc(Br)cs1)[C@@H]1CCCO1. The average Bonchev–Trinajstić information content (AvgIpc) is 2.84. The molecule has 0 bridgehead atoms. The number of carbonyl (C=O) groups excluding carboxylic acids is 1. The highest BCUT2D eigenvalue weighted by molar-refractivity contribution is 9.10. The van der Waals surface area contributed by atoms with E-state index in [9.17, 15) is 4.79 Å². The second-order valence-corrected chi connectivity index (χ2v) is 5.36. The van der Waals surface area contributed by atoms with Gasteiger partial charge in [0.15, 0.2) is 0 Å². The highest BCUT2D eigenvalue weighted by Crippen LogP contribution is 2.19. The van der Waals surface area contributed by atoms with Gasteiger partial charge in [-0.25, -0.2) is 0 Å². The van der Waals surface area contributed by atoms with Gasteiger partial charge >= 0.3 is 0 Å². The van der Waals surface area contributed by atoms with Crippen LogP contribution in [0.3, 0.4) is 0 Å². The molecular formula is C10H12BrNO2S. The summed E-state index contributed by atoms with van der Waals surface area (Å²) in [5.74, 6) is 0.0111. The maximum absolute atomic E-state index is 11.6. The lowest BCUT2D eigenvalue weighted by Gasteiger charge is -2.09. The van der Waals surface area contributed by atoms with Crippen molar-refractivity contribution in [2.45, 2.75) is 25.5 Å². The molecule has 1 aliphatic heterocycles. The average molecular weight is 290 g/mol. The second-order valence-electron chi connectivity index (χ2n) is 3.45. The van der Waals surface area contributed by atoms with E-state index in [1.165, 1.54) is 0 Å². The zero-order valence-electron chi connectivity index (χ0n) is 8.16. The van der Waals surface area contributed by atoms with Crippen LogP contribution in [0.15, 0.2) is 15.9 Å².